The standard InChI is InChI=1S/C14H10N4O/c1-19-12-7-3-2-6-11(12)14-16-13-8-4-5-10(9-15)18(13)17-14/h2-8H,1H3. The van der Waals surface area contributed by atoms with Gasteiger partial charge in [0.25, 0.3) is 0 Å². The van der Waals surface area contributed by atoms with Gasteiger partial charge in [-0.3, -0.25) is 0 Å². The van der Waals surface area contributed by atoms with Crippen molar-refractivity contribution in [2.75, 3.05) is 7.11 Å². The molecule has 19 heavy (non-hydrogen) atoms. The lowest BCUT2D eigenvalue weighted by Gasteiger charge is -2.03. The lowest BCUT2D eigenvalue weighted by Crippen LogP contribution is -1.93. The molecule has 1 aromatic carbocycles. The first-order valence-electron chi connectivity index (χ1n) is 5.73. The number of para-hydroxylation sites is 1. The van der Waals surface area contributed by atoms with Crippen molar-refractivity contribution in [3.63, 3.8) is 0 Å². The summed E-state index contributed by atoms with van der Waals surface area (Å²) in [5.41, 5.74) is 1.89. The number of pyridine rings is 1. The second-order valence-electron chi connectivity index (χ2n) is 3.93. The molecule has 0 amide bonds. The molecule has 0 fully saturated rings. The van der Waals surface area contributed by atoms with Crippen molar-refractivity contribution in [3.05, 3.63) is 48.2 Å². The minimum atomic E-state index is 0.450. The SMILES string of the molecule is COc1ccccc1-c1nc2cccc(C#N)n2n1. The maximum atomic E-state index is 9.05. The van der Waals surface area contributed by atoms with Crippen molar-refractivity contribution < 1.29 is 4.74 Å². The van der Waals surface area contributed by atoms with Crippen LogP contribution in [0.1, 0.15) is 5.69 Å². The van der Waals surface area contributed by atoms with Gasteiger partial charge in [-0.1, -0.05) is 18.2 Å². The summed E-state index contributed by atoms with van der Waals surface area (Å²) in [5.74, 6) is 1.25. The van der Waals surface area contributed by atoms with Crippen LogP contribution >= 0.6 is 0 Å². The van der Waals surface area contributed by atoms with E-state index in [2.05, 4.69) is 16.2 Å². The molecule has 2 heterocycles. The Morgan fingerprint density at radius 2 is 2.00 bits per heavy atom. The van der Waals surface area contributed by atoms with Gasteiger partial charge in [0, 0.05) is 0 Å². The molecule has 0 saturated heterocycles. The maximum absolute atomic E-state index is 9.05. The van der Waals surface area contributed by atoms with Crippen LogP contribution in [0.3, 0.4) is 0 Å². The molecular formula is C14H10N4O. The van der Waals surface area contributed by atoms with E-state index in [9.17, 15) is 0 Å². The molecule has 3 rings (SSSR count). The predicted molar refractivity (Wildman–Crippen MR) is 69.7 cm³/mol. The van der Waals surface area contributed by atoms with E-state index in [1.165, 1.54) is 4.52 Å². The molecule has 5 heteroatoms. The summed E-state index contributed by atoms with van der Waals surface area (Å²) in [5, 5.41) is 13.4. The van der Waals surface area contributed by atoms with Gasteiger partial charge in [0.15, 0.2) is 11.5 Å². The van der Waals surface area contributed by atoms with Crippen LogP contribution < -0.4 is 4.74 Å². The largest absolute Gasteiger partial charge is 0.496 e. The molecule has 5 nitrogen and oxygen atoms in total. The molecule has 0 bridgehead atoms. The topological polar surface area (TPSA) is 63.2 Å². The van der Waals surface area contributed by atoms with Gasteiger partial charge in [-0.05, 0) is 24.3 Å². The van der Waals surface area contributed by atoms with Crippen molar-refractivity contribution >= 4 is 5.65 Å². The molecule has 0 aliphatic heterocycles. The molecule has 92 valence electrons. The number of benzene rings is 1. The van der Waals surface area contributed by atoms with Gasteiger partial charge < -0.3 is 4.74 Å². The zero-order chi connectivity index (χ0) is 13.2. The fourth-order valence-corrected chi connectivity index (χ4v) is 1.93. The Bertz CT molecular complexity index is 785. The molecule has 0 aliphatic carbocycles. The Hall–Kier alpha value is -2.87. The van der Waals surface area contributed by atoms with E-state index >= 15 is 0 Å². The third-order valence-electron chi connectivity index (χ3n) is 2.82. The average molecular weight is 250 g/mol. The summed E-state index contributed by atoms with van der Waals surface area (Å²) in [6.07, 6.45) is 0. The van der Waals surface area contributed by atoms with Gasteiger partial charge in [-0.2, -0.15) is 5.26 Å². The second kappa shape index (κ2) is 4.42. The number of nitriles is 1. The number of methoxy groups -OCH3 is 1. The molecule has 0 atom stereocenters. The van der Waals surface area contributed by atoms with Crippen molar-refractivity contribution in [2.24, 2.45) is 0 Å². The molecular weight excluding hydrogens is 240 g/mol. The molecule has 0 saturated carbocycles. The first-order valence-corrected chi connectivity index (χ1v) is 5.73. The predicted octanol–water partition coefficient (Wildman–Crippen LogP) is 2.28. The highest BCUT2D eigenvalue weighted by molar-refractivity contribution is 5.65. The van der Waals surface area contributed by atoms with Crippen LogP contribution in [0.5, 0.6) is 5.75 Å². The van der Waals surface area contributed by atoms with Crippen LogP contribution in [0.15, 0.2) is 42.5 Å². The first kappa shape index (κ1) is 11.2. The van der Waals surface area contributed by atoms with Crippen LogP contribution in [-0.2, 0) is 0 Å². The minimum Gasteiger partial charge on any atom is -0.496 e. The average Bonchev–Trinajstić information content (AvgIpc) is 2.90. The van der Waals surface area contributed by atoms with Crippen LogP contribution in [0.4, 0.5) is 0 Å². The molecule has 0 radical (unpaired) electrons. The highest BCUT2D eigenvalue weighted by atomic mass is 16.5. The molecule has 2 aromatic heterocycles. The van der Waals surface area contributed by atoms with E-state index in [0.717, 1.165) is 5.56 Å². The normalized spacial score (nSPS) is 10.3. The number of fused-ring (bicyclic) bond motifs is 1. The number of aromatic nitrogens is 3. The summed E-state index contributed by atoms with van der Waals surface area (Å²) in [6, 6.07) is 14.9. The third kappa shape index (κ3) is 1.79. The Kier molecular flexibility index (Phi) is 2.62. The van der Waals surface area contributed by atoms with Crippen molar-refractivity contribution in [1.82, 2.24) is 14.6 Å². The van der Waals surface area contributed by atoms with Gasteiger partial charge >= 0.3 is 0 Å². The van der Waals surface area contributed by atoms with Gasteiger partial charge in [-0.15, -0.1) is 5.10 Å². The third-order valence-corrected chi connectivity index (χ3v) is 2.82. The zero-order valence-corrected chi connectivity index (χ0v) is 10.2. The van der Waals surface area contributed by atoms with E-state index in [-0.39, 0.29) is 0 Å². The van der Waals surface area contributed by atoms with Crippen molar-refractivity contribution in [3.8, 4) is 23.2 Å². The lowest BCUT2D eigenvalue weighted by molar-refractivity contribution is 0.416. The first-order chi connectivity index (χ1) is 9.33. The number of hydrogen-bond acceptors (Lipinski definition) is 4. The highest BCUT2D eigenvalue weighted by Crippen LogP contribution is 2.27. The summed E-state index contributed by atoms with van der Waals surface area (Å²) in [4.78, 5) is 4.42. The van der Waals surface area contributed by atoms with Gasteiger partial charge in [0.05, 0.1) is 12.7 Å². The summed E-state index contributed by atoms with van der Waals surface area (Å²) >= 11 is 0. The lowest BCUT2D eigenvalue weighted by atomic mass is 10.2. The highest BCUT2D eigenvalue weighted by Gasteiger charge is 2.12. The summed E-state index contributed by atoms with van der Waals surface area (Å²) in [7, 11) is 1.61. The molecule has 0 unspecified atom stereocenters. The number of rotatable bonds is 2. The number of ether oxygens (including phenoxy) is 1. The van der Waals surface area contributed by atoms with E-state index in [1.807, 2.05) is 30.3 Å². The minimum absolute atomic E-state index is 0.450. The Labute approximate surface area is 109 Å². The van der Waals surface area contributed by atoms with E-state index in [4.69, 9.17) is 10.00 Å². The Morgan fingerprint density at radius 3 is 2.79 bits per heavy atom. The van der Waals surface area contributed by atoms with Crippen LogP contribution in [-0.4, -0.2) is 21.7 Å². The smallest absolute Gasteiger partial charge is 0.185 e. The van der Waals surface area contributed by atoms with Gasteiger partial charge in [0.2, 0.25) is 0 Å². The van der Waals surface area contributed by atoms with Crippen LogP contribution in [0, 0.1) is 11.3 Å². The molecule has 0 spiro atoms. The maximum Gasteiger partial charge on any atom is 0.185 e. The molecule has 3 aromatic rings. The van der Waals surface area contributed by atoms with E-state index in [0.29, 0.717) is 22.9 Å². The van der Waals surface area contributed by atoms with E-state index in [1.54, 1.807) is 19.2 Å². The van der Waals surface area contributed by atoms with E-state index < -0.39 is 0 Å². The van der Waals surface area contributed by atoms with Crippen LogP contribution in [0.25, 0.3) is 17.0 Å². The number of nitrogens with zero attached hydrogens (tertiary/aromatic N) is 4. The van der Waals surface area contributed by atoms with Gasteiger partial charge in [0.1, 0.15) is 17.5 Å². The van der Waals surface area contributed by atoms with Gasteiger partial charge in [-0.25, -0.2) is 9.50 Å². The second-order valence-corrected chi connectivity index (χ2v) is 3.93. The van der Waals surface area contributed by atoms with Crippen molar-refractivity contribution in [2.45, 2.75) is 0 Å². The fraction of sp³-hybridized carbons (Fsp3) is 0.0714. The zero-order valence-electron chi connectivity index (χ0n) is 10.2. The molecule has 0 N–H and O–H groups in total. The monoisotopic (exact) mass is 250 g/mol. The molecule has 0 aliphatic rings. The Balaban J connectivity index is 2.24. The summed E-state index contributed by atoms with van der Waals surface area (Å²) < 4.78 is 6.83. The Morgan fingerprint density at radius 1 is 1.16 bits per heavy atom. The van der Waals surface area contributed by atoms with Crippen LogP contribution in [0.2, 0.25) is 0 Å². The number of hydrogen-bond donors (Lipinski definition) is 0. The van der Waals surface area contributed by atoms with Crippen molar-refractivity contribution in [1.29, 1.82) is 5.26 Å². The summed E-state index contributed by atoms with van der Waals surface area (Å²) in [6.45, 7) is 0. The fourth-order valence-electron chi connectivity index (χ4n) is 1.93. The quantitative estimate of drug-likeness (QED) is 0.700.